The molecule has 0 bridgehead atoms. The van der Waals surface area contributed by atoms with Gasteiger partial charge in [-0.3, -0.25) is 14.6 Å². The molecule has 5 nitrogen and oxygen atoms in total. The number of H-pyrrole nitrogens is 1. The summed E-state index contributed by atoms with van der Waals surface area (Å²) in [4.78, 5) is 4.06. The molecular weight excluding hydrogens is 224 g/mol. The number of methoxy groups -OCH3 is 1. The van der Waals surface area contributed by atoms with E-state index in [9.17, 15) is 0 Å². The Bertz CT molecular complexity index is 505. The second kappa shape index (κ2) is 5.00. The average molecular weight is 236 g/mol. The number of pyridine rings is 1. The van der Waals surface area contributed by atoms with E-state index in [1.807, 2.05) is 16.7 Å². The first kappa shape index (κ1) is 11.0. The highest BCUT2D eigenvalue weighted by Crippen LogP contribution is 2.15. The summed E-state index contributed by atoms with van der Waals surface area (Å²) in [6.45, 7) is 1.27. The molecule has 0 radical (unpaired) electrons. The van der Waals surface area contributed by atoms with Gasteiger partial charge in [-0.25, -0.2) is 0 Å². The fourth-order valence-electron chi connectivity index (χ4n) is 1.42. The molecule has 2 aromatic heterocycles. The fraction of sp³-hybridized carbons (Fsp3) is 0.300. The number of rotatable bonds is 4. The van der Waals surface area contributed by atoms with E-state index in [0.29, 0.717) is 17.9 Å². The van der Waals surface area contributed by atoms with E-state index in [4.69, 9.17) is 17.0 Å². The molecule has 0 saturated carbocycles. The normalized spacial score (nSPS) is 10.6. The number of aromatic amines is 1. The van der Waals surface area contributed by atoms with Gasteiger partial charge >= 0.3 is 0 Å². The van der Waals surface area contributed by atoms with Crippen molar-refractivity contribution in [2.45, 2.75) is 6.54 Å². The van der Waals surface area contributed by atoms with E-state index < -0.39 is 0 Å². The summed E-state index contributed by atoms with van der Waals surface area (Å²) >= 11 is 5.16. The largest absolute Gasteiger partial charge is 0.383 e. The van der Waals surface area contributed by atoms with Crippen molar-refractivity contribution in [3.63, 3.8) is 0 Å². The van der Waals surface area contributed by atoms with Crippen LogP contribution in [0.5, 0.6) is 0 Å². The lowest BCUT2D eigenvalue weighted by atomic mass is 10.3. The van der Waals surface area contributed by atoms with Crippen molar-refractivity contribution in [2.75, 3.05) is 13.7 Å². The average Bonchev–Trinajstić information content (AvgIpc) is 2.69. The fourth-order valence-corrected chi connectivity index (χ4v) is 1.65. The van der Waals surface area contributed by atoms with Crippen molar-refractivity contribution in [2.24, 2.45) is 0 Å². The van der Waals surface area contributed by atoms with Crippen LogP contribution in [-0.2, 0) is 11.3 Å². The monoisotopic (exact) mass is 236 g/mol. The topological polar surface area (TPSA) is 55.7 Å². The number of hydrogen-bond donors (Lipinski definition) is 1. The van der Waals surface area contributed by atoms with Crippen molar-refractivity contribution in [1.29, 1.82) is 0 Å². The lowest BCUT2D eigenvalue weighted by Gasteiger charge is -2.05. The van der Waals surface area contributed by atoms with Crippen LogP contribution in [0.3, 0.4) is 0 Å². The highest BCUT2D eigenvalue weighted by atomic mass is 32.1. The molecule has 6 heteroatoms. The SMILES string of the molecule is COCCn1c(-c2cccnc2)n[nH]c1=S. The lowest BCUT2D eigenvalue weighted by molar-refractivity contribution is 0.187. The molecule has 0 aliphatic rings. The molecule has 16 heavy (non-hydrogen) atoms. The third-order valence-electron chi connectivity index (χ3n) is 2.20. The molecule has 0 atom stereocenters. The van der Waals surface area contributed by atoms with Gasteiger partial charge in [-0.15, -0.1) is 0 Å². The molecule has 1 N–H and O–H groups in total. The van der Waals surface area contributed by atoms with Crippen molar-refractivity contribution in [1.82, 2.24) is 19.7 Å². The molecule has 2 rings (SSSR count). The Kier molecular flexibility index (Phi) is 3.43. The summed E-state index contributed by atoms with van der Waals surface area (Å²) in [7, 11) is 1.66. The molecule has 0 saturated heterocycles. The number of aromatic nitrogens is 4. The van der Waals surface area contributed by atoms with Gasteiger partial charge in [-0.05, 0) is 24.4 Å². The van der Waals surface area contributed by atoms with E-state index in [0.717, 1.165) is 11.4 Å². The van der Waals surface area contributed by atoms with Gasteiger partial charge in [0, 0.05) is 25.1 Å². The van der Waals surface area contributed by atoms with Gasteiger partial charge in [0.1, 0.15) is 0 Å². The van der Waals surface area contributed by atoms with E-state index in [1.165, 1.54) is 0 Å². The molecule has 2 heterocycles. The zero-order valence-electron chi connectivity index (χ0n) is 8.88. The Balaban J connectivity index is 2.38. The number of nitrogens with zero attached hydrogens (tertiary/aromatic N) is 3. The minimum absolute atomic E-state index is 0.593. The molecule has 0 amide bonds. The molecule has 0 aliphatic heterocycles. The molecule has 2 aromatic rings. The van der Waals surface area contributed by atoms with Crippen LogP contribution in [0.4, 0.5) is 0 Å². The Morgan fingerprint density at radius 1 is 1.56 bits per heavy atom. The van der Waals surface area contributed by atoms with Crippen LogP contribution >= 0.6 is 12.2 Å². The van der Waals surface area contributed by atoms with Crippen LogP contribution in [0.15, 0.2) is 24.5 Å². The first-order chi connectivity index (χ1) is 7.83. The van der Waals surface area contributed by atoms with Gasteiger partial charge in [-0.1, -0.05) is 0 Å². The first-order valence-electron chi connectivity index (χ1n) is 4.87. The highest BCUT2D eigenvalue weighted by Gasteiger charge is 2.07. The third kappa shape index (κ3) is 2.17. The van der Waals surface area contributed by atoms with Gasteiger partial charge < -0.3 is 4.74 Å². The Morgan fingerprint density at radius 3 is 3.12 bits per heavy atom. The lowest BCUT2D eigenvalue weighted by Crippen LogP contribution is -2.06. The molecule has 0 aliphatic carbocycles. The van der Waals surface area contributed by atoms with Gasteiger partial charge in [0.2, 0.25) is 0 Å². The molecular formula is C10H12N4OS. The van der Waals surface area contributed by atoms with E-state index >= 15 is 0 Å². The molecule has 0 aromatic carbocycles. The van der Waals surface area contributed by atoms with Crippen LogP contribution in [0.25, 0.3) is 11.4 Å². The van der Waals surface area contributed by atoms with E-state index in [1.54, 1.807) is 19.5 Å². The maximum atomic E-state index is 5.16. The van der Waals surface area contributed by atoms with Crippen LogP contribution in [-0.4, -0.2) is 33.5 Å². The van der Waals surface area contributed by atoms with Crippen LogP contribution in [0, 0.1) is 4.77 Å². The third-order valence-corrected chi connectivity index (χ3v) is 2.51. The van der Waals surface area contributed by atoms with Crippen LogP contribution < -0.4 is 0 Å². The summed E-state index contributed by atoms with van der Waals surface area (Å²) < 4.78 is 7.53. The summed E-state index contributed by atoms with van der Waals surface area (Å²) in [6, 6.07) is 3.81. The maximum absolute atomic E-state index is 5.16. The summed E-state index contributed by atoms with van der Waals surface area (Å²) in [6.07, 6.45) is 3.48. The maximum Gasteiger partial charge on any atom is 0.195 e. The minimum atomic E-state index is 0.593. The predicted molar refractivity (Wildman–Crippen MR) is 62.5 cm³/mol. The van der Waals surface area contributed by atoms with E-state index in [-0.39, 0.29) is 0 Å². The van der Waals surface area contributed by atoms with Crippen molar-refractivity contribution in [3.8, 4) is 11.4 Å². The Hall–Kier alpha value is -1.53. The zero-order chi connectivity index (χ0) is 11.4. The zero-order valence-corrected chi connectivity index (χ0v) is 9.70. The Morgan fingerprint density at radius 2 is 2.44 bits per heavy atom. The smallest absolute Gasteiger partial charge is 0.195 e. The number of hydrogen-bond acceptors (Lipinski definition) is 4. The first-order valence-corrected chi connectivity index (χ1v) is 5.28. The van der Waals surface area contributed by atoms with Crippen molar-refractivity contribution < 1.29 is 4.74 Å². The van der Waals surface area contributed by atoms with Gasteiger partial charge in [0.25, 0.3) is 0 Å². The minimum Gasteiger partial charge on any atom is -0.383 e. The molecule has 0 fully saturated rings. The Labute approximate surface area is 98.1 Å². The van der Waals surface area contributed by atoms with Gasteiger partial charge in [0.05, 0.1) is 13.2 Å². The second-order valence-corrected chi connectivity index (χ2v) is 3.63. The van der Waals surface area contributed by atoms with Crippen LogP contribution in [0.2, 0.25) is 0 Å². The summed E-state index contributed by atoms with van der Waals surface area (Å²) in [5.41, 5.74) is 0.936. The van der Waals surface area contributed by atoms with Crippen molar-refractivity contribution >= 4 is 12.2 Å². The van der Waals surface area contributed by atoms with E-state index in [2.05, 4.69) is 15.2 Å². The molecule has 84 valence electrons. The number of nitrogens with one attached hydrogen (secondary N) is 1. The summed E-state index contributed by atoms with van der Waals surface area (Å²) in [5, 5.41) is 6.97. The predicted octanol–water partition coefficient (Wildman–Crippen LogP) is 1.65. The van der Waals surface area contributed by atoms with Gasteiger partial charge in [-0.2, -0.15) is 5.10 Å². The van der Waals surface area contributed by atoms with Crippen LogP contribution in [0.1, 0.15) is 0 Å². The highest BCUT2D eigenvalue weighted by molar-refractivity contribution is 7.71. The second-order valence-electron chi connectivity index (χ2n) is 3.24. The van der Waals surface area contributed by atoms with Crippen molar-refractivity contribution in [3.05, 3.63) is 29.3 Å². The quantitative estimate of drug-likeness (QED) is 0.820. The molecule has 0 spiro atoms. The number of ether oxygens (including phenoxy) is 1. The molecule has 0 unspecified atom stereocenters. The van der Waals surface area contributed by atoms with Gasteiger partial charge in [0.15, 0.2) is 10.6 Å². The standard InChI is InChI=1S/C10H12N4OS/c1-15-6-5-14-9(12-13-10(14)16)8-3-2-4-11-7-8/h2-4,7H,5-6H2,1H3,(H,13,16). The summed E-state index contributed by atoms with van der Waals surface area (Å²) in [5.74, 6) is 0.787.